The van der Waals surface area contributed by atoms with Crippen LogP contribution >= 0.6 is 0 Å². The van der Waals surface area contributed by atoms with Gasteiger partial charge in [-0.3, -0.25) is 13.7 Å². The Balaban J connectivity index is 0.00000352. The van der Waals surface area contributed by atoms with E-state index in [0.717, 1.165) is 17.7 Å². The molecule has 0 aliphatic carbocycles. The zero-order chi connectivity index (χ0) is 42.4. The van der Waals surface area contributed by atoms with Crippen molar-refractivity contribution >= 4 is 103 Å². The largest absolute Gasteiger partial charge is 1.00 e. The fraction of sp³-hybridized carbons (Fsp3) is 0.0263. The summed E-state index contributed by atoms with van der Waals surface area (Å²) in [6.45, 7) is 1.76. The first kappa shape index (κ1) is 47.8. The van der Waals surface area contributed by atoms with Crippen LogP contribution in [-0.4, -0.2) is 55.2 Å². The van der Waals surface area contributed by atoms with E-state index in [0.29, 0.717) is 16.5 Å². The maximum atomic E-state index is 13.1. The molecule has 0 unspecified atom stereocenters. The number of carbonyl (C=O) groups excluding carboxylic acids is 1. The molecule has 0 fully saturated rings. The summed E-state index contributed by atoms with van der Waals surface area (Å²) in [6, 6.07) is 24.5. The van der Waals surface area contributed by atoms with Crippen LogP contribution in [0, 0.1) is 6.92 Å². The van der Waals surface area contributed by atoms with Crippen molar-refractivity contribution in [2.45, 2.75) is 21.6 Å². The maximum Gasteiger partial charge on any atom is 1.00 e. The van der Waals surface area contributed by atoms with Gasteiger partial charge in [-0.2, -0.15) is 35.5 Å². The first-order valence-corrected chi connectivity index (χ1v) is 21.1. The molecule has 0 saturated heterocycles. The van der Waals surface area contributed by atoms with Gasteiger partial charge in [0.05, 0.1) is 16.3 Å². The van der Waals surface area contributed by atoms with Crippen LogP contribution in [0.5, 0.6) is 11.5 Å². The van der Waals surface area contributed by atoms with Gasteiger partial charge in [0.25, 0.3) is 30.4 Å². The fourth-order valence-corrected chi connectivity index (χ4v) is 7.89. The van der Waals surface area contributed by atoms with Crippen molar-refractivity contribution in [3.63, 3.8) is 0 Å². The Morgan fingerprint density at radius 2 is 1.03 bits per heavy atom. The Kier molecular flexibility index (Phi) is 14.6. The van der Waals surface area contributed by atoms with Gasteiger partial charge >= 0.3 is 87.0 Å². The number of aromatic hydroxyl groups is 2. The minimum absolute atomic E-state index is 0. The number of benzene rings is 7. The van der Waals surface area contributed by atoms with Crippen molar-refractivity contribution in [3.05, 3.63) is 115 Å². The molecule has 7 aromatic rings. The Labute approximate surface area is 411 Å². The second-order valence-electron chi connectivity index (χ2n) is 12.9. The molecule has 0 spiro atoms. The Morgan fingerprint density at radius 1 is 0.541 bits per heavy atom. The van der Waals surface area contributed by atoms with Gasteiger partial charge in [0.1, 0.15) is 21.2 Å². The molecule has 0 atom stereocenters. The van der Waals surface area contributed by atoms with Crippen molar-refractivity contribution in [1.29, 1.82) is 0 Å². The summed E-state index contributed by atoms with van der Waals surface area (Å²) < 4.78 is 102. The first-order chi connectivity index (χ1) is 27.8. The Morgan fingerprint density at radius 3 is 1.54 bits per heavy atom. The number of phenols is 2. The van der Waals surface area contributed by atoms with Crippen molar-refractivity contribution < 1.29 is 135 Å². The minimum Gasteiger partial charge on any atom is -0.505 e. The molecule has 2 amide bonds. The molecule has 0 radical (unpaired) electrons. The van der Waals surface area contributed by atoms with E-state index in [1.165, 1.54) is 72.8 Å². The summed E-state index contributed by atoms with van der Waals surface area (Å²) in [4.78, 5) is 11.2. The number of amides is 2. The number of nitrogens with one attached hydrogen (secondary N) is 2. The van der Waals surface area contributed by atoms with Gasteiger partial charge < -0.3 is 20.8 Å². The Bertz CT molecular complexity index is 3340. The monoisotopic (exact) mass is 918 g/mol. The number of urea groups is 1. The van der Waals surface area contributed by atoms with E-state index in [4.69, 9.17) is 0 Å². The second-order valence-corrected chi connectivity index (χ2v) is 17.1. The van der Waals surface area contributed by atoms with E-state index in [9.17, 15) is 53.9 Å². The van der Waals surface area contributed by atoms with Crippen LogP contribution in [0.2, 0.25) is 0 Å². The molecule has 7 N–H and O–H groups in total. The molecule has 0 aromatic heterocycles. The van der Waals surface area contributed by atoms with Gasteiger partial charge in [-0.05, 0) is 113 Å². The summed E-state index contributed by atoms with van der Waals surface area (Å²) in [5.74, 6) is -1.26. The molecule has 7 rings (SSSR count). The van der Waals surface area contributed by atoms with Gasteiger partial charge in [-0.1, -0.05) is 30.3 Å². The fourth-order valence-electron chi connectivity index (χ4n) is 6.06. The van der Waals surface area contributed by atoms with Crippen LogP contribution in [0.15, 0.2) is 144 Å². The molecule has 18 nitrogen and oxygen atoms in total. The van der Waals surface area contributed by atoms with Crippen LogP contribution in [-0.2, 0) is 30.4 Å². The molecular weight excluding hydrogens is 891 g/mol. The van der Waals surface area contributed by atoms with Gasteiger partial charge in [-0.15, -0.1) is 10.2 Å². The van der Waals surface area contributed by atoms with Gasteiger partial charge in [0.2, 0.25) is 0 Å². The summed E-state index contributed by atoms with van der Waals surface area (Å²) >= 11 is 0. The number of rotatable bonds is 9. The summed E-state index contributed by atoms with van der Waals surface area (Å²) in [7, 11) is -14.4. The normalized spacial score (nSPS) is 12.1. The molecule has 61 heavy (non-hydrogen) atoms. The van der Waals surface area contributed by atoms with Crippen LogP contribution in [0.4, 0.5) is 38.9 Å². The predicted molar refractivity (Wildman–Crippen MR) is 217 cm³/mol. The number of hydrogen-bond donors (Lipinski definition) is 7. The first-order valence-electron chi connectivity index (χ1n) is 16.8. The number of fused-ring (bicyclic) bond motifs is 3. The number of anilines is 2. The zero-order valence-electron chi connectivity index (χ0n) is 32.0. The van der Waals surface area contributed by atoms with E-state index in [-0.39, 0.29) is 124 Å². The van der Waals surface area contributed by atoms with E-state index in [2.05, 4.69) is 31.1 Å². The zero-order valence-corrected chi connectivity index (χ0v) is 39.6. The molecule has 300 valence electrons. The average Bonchev–Trinajstić information content (AvgIpc) is 3.16. The third kappa shape index (κ3) is 10.7. The van der Waals surface area contributed by atoms with E-state index >= 15 is 0 Å². The van der Waals surface area contributed by atoms with Crippen molar-refractivity contribution in [1.82, 2.24) is 0 Å². The van der Waals surface area contributed by atoms with Crippen LogP contribution in [0.3, 0.4) is 0 Å². The average molecular weight is 919 g/mol. The molecular formula is C38H28KN6NaO12S3+2. The number of nitrogens with zero attached hydrogens (tertiary/aromatic N) is 4. The number of azo groups is 2. The number of phenolic OH excluding ortho intramolecular Hbond substituents is 2. The van der Waals surface area contributed by atoms with Crippen LogP contribution in [0.1, 0.15) is 5.56 Å². The molecule has 0 heterocycles. The van der Waals surface area contributed by atoms with Crippen LogP contribution < -0.4 is 91.6 Å². The quantitative estimate of drug-likeness (QED) is 0.0625. The predicted octanol–water partition coefficient (Wildman–Crippen LogP) is 3.09. The standard InChI is InChI=1S/C38H28N6O12S3.K.Na/c1-20-4-2-3-5-31(20)42-44-35-33(59(54,55)56)19-24-16-26(10-13-30(24)37(35)46)40-38(47)39-25-9-12-29-23(15-25)18-32(58(51,52)53)34(36(29)45)43-41-27-8-6-22-17-28(57(48,49)50)11-7-21(22)14-27;;/h2-19,45-46H,1H3,(H2,39,40,47)(H,48,49,50)(H,51,52,53)(H,54,55,56);;/q;2*+1. The van der Waals surface area contributed by atoms with Crippen molar-refractivity contribution in [2.75, 3.05) is 10.6 Å². The van der Waals surface area contributed by atoms with E-state index in [1.54, 1.807) is 31.2 Å². The number of hydrogen-bond acceptors (Lipinski definition) is 13. The minimum atomic E-state index is -5.01. The topological polar surface area (TPSA) is 294 Å². The summed E-state index contributed by atoms with van der Waals surface area (Å²) in [6.07, 6.45) is 0. The molecule has 0 saturated carbocycles. The molecule has 0 bridgehead atoms. The van der Waals surface area contributed by atoms with Gasteiger partial charge in [0.15, 0.2) is 11.5 Å². The third-order valence-corrected chi connectivity index (χ3v) is 11.5. The SMILES string of the molecule is Cc1ccccc1N=Nc1c(S(=O)(=O)O)cc2cc(NC(=O)Nc3ccc4c(O)c(N=Nc5ccc6cc(S(=O)(=O)O)ccc6c5)c(S(=O)(=O)O)cc4c3)ccc2c1O.[K+].[Na+]. The molecule has 0 aliphatic rings. The van der Waals surface area contributed by atoms with Gasteiger partial charge in [-0.25, -0.2) is 4.79 Å². The number of carbonyl (C=O) groups is 1. The molecule has 7 aromatic carbocycles. The van der Waals surface area contributed by atoms with E-state index < -0.39 is 69.1 Å². The Hall–Kier alpha value is -4.24. The van der Waals surface area contributed by atoms with E-state index in [1.807, 2.05) is 0 Å². The maximum absolute atomic E-state index is 13.1. The number of aryl methyl sites for hydroxylation is 1. The van der Waals surface area contributed by atoms with Crippen LogP contribution in [0.25, 0.3) is 32.3 Å². The van der Waals surface area contributed by atoms with Crippen molar-refractivity contribution in [2.24, 2.45) is 20.5 Å². The second kappa shape index (κ2) is 18.6. The third-order valence-electron chi connectivity index (χ3n) is 8.91. The van der Waals surface area contributed by atoms with Gasteiger partial charge in [0, 0.05) is 22.1 Å². The van der Waals surface area contributed by atoms with Crippen molar-refractivity contribution in [3.8, 4) is 11.5 Å². The molecule has 0 aliphatic heterocycles. The smallest absolute Gasteiger partial charge is 0.505 e. The summed E-state index contributed by atoms with van der Waals surface area (Å²) in [5.41, 5.74) is 0.423. The molecule has 23 heteroatoms. The summed E-state index contributed by atoms with van der Waals surface area (Å²) in [5, 5.41) is 44.3.